The first-order valence-electron chi connectivity index (χ1n) is 8.91. The van der Waals surface area contributed by atoms with Crippen molar-refractivity contribution in [3.8, 4) is 10.7 Å². The largest absolute Gasteiger partial charge is 0.356 e. The average Bonchev–Trinajstić information content (AvgIpc) is 3.41. The summed E-state index contributed by atoms with van der Waals surface area (Å²) in [5, 5.41) is 3.21. The molecule has 0 radical (unpaired) electrons. The van der Waals surface area contributed by atoms with Crippen LogP contribution >= 0.6 is 11.3 Å². The van der Waals surface area contributed by atoms with Crippen molar-refractivity contribution in [2.75, 3.05) is 18.0 Å². The van der Waals surface area contributed by atoms with Crippen molar-refractivity contribution in [2.24, 2.45) is 0 Å². The summed E-state index contributed by atoms with van der Waals surface area (Å²) in [6.07, 6.45) is 8.05. The maximum absolute atomic E-state index is 4.96. The third-order valence-corrected chi connectivity index (χ3v) is 5.90. The highest BCUT2D eigenvalue weighted by atomic mass is 32.1. The number of anilines is 1. The molecule has 0 amide bonds. The second-order valence-corrected chi connectivity index (χ2v) is 7.54. The Morgan fingerprint density at radius 2 is 1.88 bits per heavy atom. The van der Waals surface area contributed by atoms with Gasteiger partial charge in [0.2, 0.25) is 0 Å². The molecule has 130 valence electrons. The first-order chi connectivity index (χ1) is 12.9. The number of thiophene rings is 1. The van der Waals surface area contributed by atoms with Gasteiger partial charge in [0.05, 0.1) is 16.7 Å². The molecule has 1 saturated heterocycles. The fourth-order valence-corrected chi connectivity index (χ4v) is 4.34. The van der Waals surface area contributed by atoms with Crippen LogP contribution in [0.3, 0.4) is 0 Å². The molecule has 1 aromatic carbocycles. The maximum Gasteiger partial charge on any atom is 0.172 e. The number of nitrogens with zero attached hydrogens (tertiary/aromatic N) is 5. The van der Waals surface area contributed by atoms with Crippen molar-refractivity contribution in [2.45, 2.75) is 18.9 Å². The molecule has 0 bridgehead atoms. The van der Waals surface area contributed by atoms with Crippen LogP contribution in [0.25, 0.3) is 21.6 Å². The smallest absolute Gasteiger partial charge is 0.172 e. The lowest BCUT2D eigenvalue weighted by Crippen LogP contribution is -2.35. The molecule has 1 fully saturated rings. The highest BCUT2D eigenvalue weighted by Crippen LogP contribution is 2.32. The van der Waals surface area contributed by atoms with E-state index < -0.39 is 0 Å². The summed E-state index contributed by atoms with van der Waals surface area (Å²) in [7, 11) is 0. The molecule has 0 aliphatic carbocycles. The van der Waals surface area contributed by atoms with E-state index in [1.54, 1.807) is 11.3 Å². The Morgan fingerprint density at radius 3 is 2.65 bits per heavy atom. The molecule has 0 spiro atoms. The fourth-order valence-electron chi connectivity index (χ4n) is 3.68. The number of para-hydroxylation sites is 1. The van der Waals surface area contributed by atoms with Crippen molar-refractivity contribution < 1.29 is 0 Å². The van der Waals surface area contributed by atoms with Crippen LogP contribution in [-0.2, 0) is 0 Å². The SMILES string of the molecule is c1csc(-c2nc(N3CCC(n4ccnc4)CC3)c3ccccc3n2)c1. The normalized spacial score (nSPS) is 15.6. The monoisotopic (exact) mass is 361 g/mol. The minimum atomic E-state index is 0.526. The predicted molar refractivity (Wildman–Crippen MR) is 106 cm³/mol. The second-order valence-electron chi connectivity index (χ2n) is 6.59. The third kappa shape index (κ3) is 2.76. The van der Waals surface area contributed by atoms with Crippen LogP contribution in [0, 0.1) is 0 Å². The van der Waals surface area contributed by atoms with E-state index >= 15 is 0 Å². The molecule has 0 unspecified atom stereocenters. The van der Waals surface area contributed by atoms with Crippen LogP contribution in [0.1, 0.15) is 18.9 Å². The van der Waals surface area contributed by atoms with Gasteiger partial charge < -0.3 is 9.47 Å². The third-order valence-electron chi connectivity index (χ3n) is 5.04. The Bertz CT molecular complexity index is 1000. The number of piperidine rings is 1. The van der Waals surface area contributed by atoms with Crippen molar-refractivity contribution >= 4 is 28.1 Å². The summed E-state index contributed by atoms with van der Waals surface area (Å²) in [5.74, 6) is 1.88. The van der Waals surface area contributed by atoms with Crippen LogP contribution < -0.4 is 4.90 Å². The van der Waals surface area contributed by atoms with Gasteiger partial charge in [0.25, 0.3) is 0 Å². The Balaban J connectivity index is 1.50. The Hall–Kier alpha value is -2.73. The van der Waals surface area contributed by atoms with Gasteiger partial charge in [-0.05, 0) is 36.4 Å². The molecule has 0 N–H and O–H groups in total. The molecule has 1 aliphatic heterocycles. The van der Waals surface area contributed by atoms with Gasteiger partial charge in [-0.3, -0.25) is 0 Å². The van der Waals surface area contributed by atoms with E-state index in [0.29, 0.717) is 6.04 Å². The summed E-state index contributed by atoms with van der Waals surface area (Å²) < 4.78 is 2.23. The summed E-state index contributed by atoms with van der Waals surface area (Å²) in [5.41, 5.74) is 1.01. The van der Waals surface area contributed by atoms with E-state index in [1.807, 2.05) is 18.6 Å². The van der Waals surface area contributed by atoms with E-state index in [9.17, 15) is 0 Å². The molecule has 4 heterocycles. The van der Waals surface area contributed by atoms with Crippen LogP contribution in [0.4, 0.5) is 5.82 Å². The van der Waals surface area contributed by atoms with Gasteiger partial charge in [0.15, 0.2) is 5.82 Å². The lowest BCUT2D eigenvalue weighted by atomic mass is 10.0. The molecular weight excluding hydrogens is 342 g/mol. The zero-order chi connectivity index (χ0) is 17.3. The summed E-state index contributed by atoms with van der Waals surface area (Å²) in [6.45, 7) is 1.99. The van der Waals surface area contributed by atoms with Crippen LogP contribution in [0.2, 0.25) is 0 Å². The van der Waals surface area contributed by atoms with E-state index in [-0.39, 0.29) is 0 Å². The number of hydrogen-bond donors (Lipinski definition) is 0. The number of rotatable bonds is 3. The fraction of sp³-hybridized carbons (Fsp3) is 0.250. The van der Waals surface area contributed by atoms with Crippen LogP contribution in [-0.4, -0.2) is 32.6 Å². The zero-order valence-electron chi connectivity index (χ0n) is 14.3. The summed E-state index contributed by atoms with van der Waals surface area (Å²) in [6, 6.07) is 13.0. The quantitative estimate of drug-likeness (QED) is 0.543. The lowest BCUT2D eigenvalue weighted by Gasteiger charge is -2.34. The minimum Gasteiger partial charge on any atom is -0.356 e. The van der Waals surface area contributed by atoms with E-state index in [4.69, 9.17) is 9.97 Å². The second kappa shape index (κ2) is 6.53. The predicted octanol–water partition coefficient (Wildman–Crippen LogP) is 4.40. The van der Waals surface area contributed by atoms with Gasteiger partial charge >= 0.3 is 0 Å². The summed E-state index contributed by atoms with van der Waals surface area (Å²) in [4.78, 5) is 17.5. The van der Waals surface area contributed by atoms with E-state index in [0.717, 1.165) is 53.4 Å². The molecule has 6 heteroatoms. The number of benzene rings is 1. The molecule has 1 aliphatic rings. The standard InChI is InChI=1S/C20H19N5S/c1-2-5-17-16(4-1)20(23-19(22-17)18-6-3-13-26-18)24-10-7-15(8-11-24)25-12-9-21-14-25/h1-6,9,12-15H,7-8,10-11H2. The van der Waals surface area contributed by atoms with E-state index in [1.165, 1.54) is 0 Å². The average molecular weight is 361 g/mol. The maximum atomic E-state index is 4.96. The lowest BCUT2D eigenvalue weighted by molar-refractivity contribution is 0.395. The van der Waals surface area contributed by atoms with Crippen molar-refractivity contribution in [1.82, 2.24) is 19.5 Å². The number of imidazole rings is 1. The van der Waals surface area contributed by atoms with Gasteiger partial charge in [-0.1, -0.05) is 18.2 Å². The number of aromatic nitrogens is 4. The molecule has 0 saturated carbocycles. The highest BCUT2D eigenvalue weighted by Gasteiger charge is 2.23. The molecule has 3 aromatic heterocycles. The molecule has 5 rings (SSSR count). The highest BCUT2D eigenvalue weighted by molar-refractivity contribution is 7.13. The van der Waals surface area contributed by atoms with Gasteiger partial charge in [0, 0.05) is 36.9 Å². The van der Waals surface area contributed by atoms with Crippen LogP contribution in [0.15, 0.2) is 60.5 Å². The number of hydrogen-bond acceptors (Lipinski definition) is 5. The van der Waals surface area contributed by atoms with Gasteiger partial charge in [0.1, 0.15) is 5.82 Å². The van der Waals surface area contributed by atoms with Crippen molar-refractivity contribution in [1.29, 1.82) is 0 Å². The molecule has 4 aromatic rings. The first-order valence-corrected chi connectivity index (χ1v) is 9.79. The van der Waals surface area contributed by atoms with Crippen molar-refractivity contribution in [3.63, 3.8) is 0 Å². The Kier molecular flexibility index (Phi) is 3.90. The molecular formula is C20H19N5S. The number of fused-ring (bicyclic) bond motifs is 1. The van der Waals surface area contributed by atoms with Gasteiger partial charge in [-0.25, -0.2) is 15.0 Å². The van der Waals surface area contributed by atoms with Crippen molar-refractivity contribution in [3.05, 3.63) is 60.5 Å². The first kappa shape index (κ1) is 15.5. The summed E-state index contributed by atoms with van der Waals surface area (Å²) >= 11 is 1.68. The molecule has 0 atom stereocenters. The van der Waals surface area contributed by atoms with Gasteiger partial charge in [-0.2, -0.15) is 0 Å². The van der Waals surface area contributed by atoms with Crippen LogP contribution in [0.5, 0.6) is 0 Å². The van der Waals surface area contributed by atoms with Gasteiger partial charge in [-0.15, -0.1) is 11.3 Å². The van der Waals surface area contributed by atoms with E-state index in [2.05, 4.69) is 56.4 Å². The Morgan fingerprint density at radius 1 is 1.00 bits per heavy atom. The molecule has 26 heavy (non-hydrogen) atoms. The zero-order valence-corrected chi connectivity index (χ0v) is 15.1. The minimum absolute atomic E-state index is 0.526. The topological polar surface area (TPSA) is 46.8 Å². The Labute approximate surface area is 156 Å². The molecule has 5 nitrogen and oxygen atoms in total.